The van der Waals surface area contributed by atoms with Crippen LogP contribution in [0.5, 0.6) is 0 Å². The molecule has 120 valence electrons. The zero-order valence-electron chi connectivity index (χ0n) is 13.4. The van der Waals surface area contributed by atoms with Crippen LogP contribution in [0, 0.1) is 5.41 Å². The summed E-state index contributed by atoms with van der Waals surface area (Å²) in [5.41, 5.74) is 1.84. The monoisotopic (exact) mass is 321 g/mol. The largest absolute Gasteiger partial charge is 0.338 e. The fraction of sp³-hybridized carbons (Fsp3) is 0.500. The molecule has 1 atom stereocenters. The maximum Gasteiger partial charge on any atom is 0.315 e. The van der Waals surface area contributed by atoms with Gasteiger partial charge in [0.2, 0.25) is 5.91 Å². The first-order valence-corrected chi connectivity index (χ1v) is 8.25. The summed E-state index contributed by atoms with van der Waals surface area (Å²) < 4.78 is 0. The predicted molar refractivity (Wildman–Crippen MR) is 90.1 cm³/mol. The second-order valence-electron chi connectivity index (χ2n) is 6.68. The van der Waals surface area contributed by atoms with Crippen LogP contribution in [-0.2, 0) is 11.3 Å². The minimum Gasteiger partial charge on any atom is -0.338 e. The Morgan fingerprint density at radius 2 is 2.05 bits per heavy atom. The molecule has 0 saturated heterocycles. The van der Waals surface area contributed by atoms with E-state index in [9.17, 15) is 9.59 Å². The molecule has 1 aliphatic heterocycles. The third-order valence-corrected chi connectivity index (χ3v) is 4.38. The molecule has 1 aromatic carbocycles. The van der Waals surface area contributed by atoms with E-state index >= 15 is 0 Å². The van der Waals surface area contributed by atoms with Crippen LogP contribution in [0.25, 0.3) is 0 Å². The molecule has 2 rings (SSSR count). The van der Waals surface area contributed by atoms with Gasteiger partial charge in [-0.25, -0.2) is 4.79 Å². The summed E-state index contributed by atoms with van der Waals surface area (Å²) in [6.45, 7) is 9.14. The standard InChI is InChI=1S/C16H23N3O2S/c1-10-14(20)19-12-7-11(5-6-13(12)22-10)8-17-15(21)18-9-16(2,3)4/h5-7,10H,8-9H2,1-4H3,(H,19,20)(H2,17,18,21). The van der Waals surface area contributed by atoms with E-state index in [4.69, 9.17) is 0 Å². The van der Waals surface area contributed by atoms with Crippen LogP contribution in [0.1, 0.15) is 33.3 Å². The number of thioether (sulfide) groups is 1. The summed E-state index contributed by atoms with van der Waals surface area (Å²) in [5.74, 6) is 0.0190. The van der Waals surface area contributed by atoms with Gasteiger partial charge in [0.1, 0.15) is 0 Å². The third kappa shape index (κ3) is 4.66. The van der Waals surface area contributed by atoms with Gasteiger partial charge in [-0.3, -0.25) is 4.79 Å². The summed E-state index contributed by atoms with van der Waals surface area (Å²) in [6, 6.07) is 5.69. The first-order chi connectivity index (χ1) is 10.2. The Labute approximate surface area is 135 Å². The Morgan fingerprint density at radius 3 is 2.73 bits per heavy atom. The Morgan fingerprint density at radius 1 is 1.32 bits per heavy atom. The minimum absolute atomic E-state index is 0.0190. The fourth-order valence-corrected chi connectivity index (χ4v) is 2.89. The summed E-state index contributed by atoms with van der Waals surface area (Å²) in [4.78, 5) is 24.5. The average Bonchev–Trinajstić information content (AvgIpc) is 2.43. The molecule has 0 spiro atoms. The third-order valence-electron chi connectivity index (χ3n) is 3.21. The highest BCUT2D eigenvalue weighted by Gasteiger charge is 2.22. The van der Waals surface area contributed by atoms with Gasteiger partial charge in [0.15, 0.2) is 0 Å². The fourth-order valence-electron chi connectivity index (χ4n) is 1.96. The molecule has 0 aromatic heterocycles. The molecule has 0 saturated carbocycles. The summed E-state index contributed by atoms with van der Waals surface area (Å²) in [7, 11) is 0. The molecular formula is C16H23N3O2S. The number of anilines is 1. The van der Waals surface area contributed by atoms with Crippen LogP contribution in [0.4, 0.5) is 10.5 Å². The van der Waals surface area contributed by atoms with Crippen molar-refractivity contribution in [2.45, 2.75) is 44.4 Å². The molecule has 1 unspecified atom stereocenters. The second-order valence-corrected chi connectivity index (χ2v) is 8.06. The van der Waals surface area contributed by atoms with Crippen LogP contribution < -0.4 is 16.0 Å². The zero-order chi connectivity index (χ0) is 16.3. The van der Waals surface area contributed by atoms with Gasteiger partial charge in [0.05, 0.1) is 10.9 Å². The van der Waals surface area contributed by atoms with Crippen molar-refractivity contribution in [3.05, 3.63) is 23.8 Å². The van der Waals surface area contributed by atoms with Crippen molar-refractivity contribution in [2.75, 3.05) is 11.9 Å². The van der Waals surface area contributed by atoms with Gasteiger partial charge in [-0.05, 0) is 30.0 Å². The minimum atomic E-state index is -0.181. The number of benzene rings is 1. The van der Waals surface area contributed by atoms with Crippen molar-refractivity contribution >= 4 is 29.4 Å². The van der Waals surface area contributed by atoms with Crippen molar-refractivity contribution in [2.24, 2.45) is 5.41 Å². The molecule has 22 heavy (non-hydrogen) atoms. The molecule has 1 aliphatic rings. The number of urea groups is 1. The van der Waals surface area contributed by atoms with Crippen molar-refractivity contribution in [3.63, 3.8) is 0 Å². The highest BCUT2D eigenvalue weighted by atomic mass is 32.2. The van der Waals surface area contributed by atoms with E-state index < -0.39 is 0 Å². The summed E-state index contributed by atoms with van der Waals surface area (Å²) in [5, 5.41) is 8.50. The van der Waals surface area contributed by atoms with Gasteiger partial charge in [-0.1, -0.05) is 26.8 Å². The van der Waals surface area contributed by atoms with Gasteiger partial charge in [0, 0.05) is 18.0 Å². The van der Waals surface area contributed by atoms with Crippen molar-refractivity contribution in [1.29, 1.82) is 0 Å². The number of hydrogen-bond acceptors (Lipinski definition) is 3. The summed E-state index contributed by atoms with van der Waals surface area (Å²) >= 11 is 1.55. The van der Waals surface area contributed by atoms with Crippen LogP contribution >= 0.6 is 11.8 Å². The number of nitrogens with one attached hydrogen (secondary N) is 3. The molecule has 3 N–H and O–H groups in total. The lowest BCUT2D eigenvalue weighted by Crippen LogP contribution is -2.39. The number of rotatable bonds is 3. The van der Waals surface area contributed by atoms with Gasteiger partial charge in [-0.2, -0.15) is 0 Å². The van der Waals surface area contributed by atoms with Crippen molar-refractivity contribution in [3.8, 4) is 0 Å². The lowest BCUT2D eigenvalue weighted by atomic mass is 9.97. The lowest BCUT2D eigenvalue weighted by Gasteiger charge is -2.22. The number of fused-ring (bicyclic) bond motifs is 1. The number of hydrogen-bond donors (Lipinski definition) is 3. The van der Waals surface area contributed by atoms with Crippen molar-refractivity contribution < 1.29 is 9.59 Å². The second kappa shape index (κ2) is 6.60. The van der Waals surface area contributed by atoms with E-state index in [0.29, 0.717) is 13.1 Å². The molecule has 0 aliphatic carbocycles. The van der Waals surface area contributed by atoms with E-state index in [1.165, 1.54) is 0 Å². The van der Waals surface area contributed by atoms with Crippen LogP contribution in [0.2, 0.25) is 0 Å². The predicted octanol–water partition coefficient (Wildman–Crippen LogP) is 2.96. The highest BCUT2D eigenvalue weighted by molar-refractivity contribution is 8.00. The Bertz CT molecular complexity index is 581. The molecular weight excluding hydrogens is 298 g/mol. The lowest BCUT2D eigenvalue weighted by molar-refractivity contribution is -0.115. The van der Waals surface area contributed by atoms with Crippen LogP contribution in [-0.4, -0.2) is 23.7 Å². The van der Waals surface area contributed by atoms with Crippen LogP contribution in [0.3, 0.4) is 0 Å². The van der Waals surface area contributed by atoms with Gasteiger partial charge >= 0.3 is 6.03 Å². The SMILES string of the molecule is CC1Sc2ccc(CNC(=O)NCC(C)(C)C)cc2NC1=O. The molecule has 0 radical (unpaired) electrons. The summed E-state index contributed by atoms with van der Waals surface area (Å²) in [6.07, 6.45) is 0. The number of carbonyl (C=O) groups excluding carboxylic acids is 2. The maximum absolute atomic E-state index is 11.8. The Kier molecular flexibility index (Phi) is 5.01. The van der Waals surface area contributed by atoms with Gasteiger partial charge in [0.25, 0.3) is 0 Å². The zero-order valence-corrected chi connectivity index (χ0v) is 14.3. The first kappa shape index (κ1) is 16.7. The van der Waals surface area contributed by atoms with E-state index in [2.05, 4.69) is 36.7 Å². The molecule has 3 amide bonds. The Hall–Kier alpha value is -1.69. The molecule has 5 nitrogen and oxygen atoms in total. The van der Waals surface area contributed by atoms with Gasteiger partial charge < -0.3 is 16.0 Å². The van der Waals surface area contributed by atoms with Gasteiger partial charge in [-0.15, -0.1) is 11.8 Å². The normalized spacial score (nSPS) is 17.5. The topological polar surface area (TPSA) is 70.2 Å². The number of amides is 3. The van der Waals surface area contributed by atoms with Crippen LogP contribution in [0.15, 0.2) is 23.1 Å². The smallest absolute Gasteiger partial charge is 0.315 e. The molecule has 6 heteroatoms. The van der Waals surface area contributed by atoms with E-state index in [1.54, 1.807) is 11.8 Å². The van der Waals surface area contributed by atoms with E-state index in [1.807, 2.05) is 25.1 Å². The van der Waals surface area contributed by atoms with Crippen molar-refractivity contribution in [1.82, 2.24) is 10.6 Å². The first-order valence-electron chi connectivity index (χ1n) is 7.37. The quantitative estimate of drug-likeness (QED) is 0.801. The Balaban J connectivity index is 1.91. The molecule has 0 bridgehead atoms. The molecule has 0 fully saturated rings. The average molecular weight is 321 g/mol. The molecule has 1 aromatic rings. The van der Waals surface area contributed by atoms with E-state index in [-0.39, 0.29) is 22.6 Å². The maximum atomic E-state index is 11.8. The number of carbonyl (C=O) groups is 2. The van der Waals surface area contributed by atoms with E-state index in [0.717, 1.165) is 16.1 Å². The molecule has 1 heterocycles. The highest BCUT2D eigenvalue weighted by Crippen LogP contribution is 2.35.